The summed E-state index contributed by atoms with van der Waals surface area (Å²) in [6.45, 7) is 8.88. The highest BCUT2D eigenvalue weighted by atomic mass is 16.5. The van der Waals surface area contributed by atoms with Crippen LogP contribution in [-0.4, -0.2) is 83.5 Å². The number of likely N-dealkylation sites (tertiary alicyclic amines) is 1. The summed E-state index contributed by atoms with van der Waals surface area (Å²) in [5.41, 5.74) is 0. The molecule has 2 amide bonds. The van der Waals surface area contributed by atoms with E-state index in [9.17, 15) is 9.59 Å². The van der Waals surface area contributed by atoms with Crippen LogP contribution in [0, 0.1) is 6.92 Å². The molecule has 0 bridgehead atoms. The molecule has 1 aromatic rings. The zero-order valence-corrected chi connectivity index (χ0v) is 16.4. The van der Waals surface area contributed by atoms with Crippen LogP contribution in [0.4, 0.5) is 5.82 Å². The minimum atomic E-state index is -0.0908. The Morgan fingerprint density at radius 2 is 1.85 bits per heavy atom. The fourth-order valence-electron chi connectivity index (χ4n) is 3.95. The molecule has 3 rings (SSSR count). The summed E-state index contributed by atoms with van der Waals surface area (Å²) < 4.78 is 4.95. The van der Waals surface area contributed by atoms with Gasteiger partial charge in [0.1, 0.15) is 5.76 Å². The Hall–Kier alpha value is -1.93. The van der Waals surface area contributed by atoms with Crippen molar-refractivity contribution in [1.82, 2.24) is 19.9 Å². The zero-order valence-electron chi connectivity index (χ0n) is 16.4. The predicted octanol–water partition coefficient (Wildman–Crippen LogP) is 1.33. The van der Waals surface area contributed by atoms with Crippen molar-refractivity contribution in [2.75, 3.05) is 51.1 Å². The Kier molecular flexibility index (Phi) is 6.84. The first-order chi connectivity index (χ1) is 13.0. The molecule has 2 saturated heterocycles. The van der Waals surface area contributed by atoms with E-state index in [2.05, 4.69) is 32.1 Å². The number of piperazine rings is 1. The lowest BCUT2D eigenvalue weighted by Gasteiger charge is -2.38. The Labute approximate surface area is 160 Å². The van der Waals surface area contributed by atoms with Crippen LogP contribution in [0.2, 0.25) is 0 Å². The van der Waals surface area contributed by atoms with Crippen molar-refractivity contribution in [3.8, 4) is 0 Å². The molecule has 27 heavy (non-hydrogen) atoms. The number of hydrogen-bond acceptors (Lipinski definition) is 6. The van der Waals surface area contributed by atoms with Gasteiger partial charge in [0, 0.05) is 44.8 Å². The number of nitrogens with zero attached hydrogens (tertiary/aromatic N) is 4. The lowest BCUT2D eigenvalue weighted by molar-refractivity contribution is -0.136. The molecule has 8 heteroatoms. The topological polar surface area (TPSA) is 81.9 Å². The summed E-state index contributed by atoms with van der Waals surface area (Å²) in [6, 6.07) is 2.11. The van der Waals surface area contributed by atoms with Crippen LogP contribution < -0.4 is 5.32 Å². The summed E-state index contributed by atoms with van der Waals surface area (Å²) in [6.07, 6.45) is 4.53. The molecule has 1 aromatic heterocycles. The summed E-state index contributed by atoms with van der Waals surface area (Å²) in [4.78, 5) is 31.2. The van der Waals surface area contributed by atoms with Crippen molar-refractivity contribution in [1.29, 1.82) is 0 Å². The van der Waals surface area contributed by atoms with E-state index in [0.717, 1.165) is 52.0 Å². The van der Waals surface area contributed by atoms with Crippen LogP contribution in [0.15, 0.2) is 10.6 Å². The highest BCUT2D eigenvalue weighted by molar-refractivity contribution is 5.91. The van der Waals surface area contributed by atoms with Crippen LogP contribution in [0.1, 0.15) is 38.4 Å². The quantitative estimate of drug-likeness (QED) is 0.805. The van der Waals surface area contributed by atoms with E-state index >= 15 is 0 Å². The van der Waals surface area contributed by atoms with E-state index in [1.165, 1.54) is 6.42 Å². The number of carbonyl (C=O) groups excluding carboxylic acids is 2. The largest absolute Gasteiger partial charge is 0.360 e. The van der Waals surface area contributed by atoms with Gasteiger partial charge in [-0.25, -0.2) is 0 Å². The number of hydrogen-bond donors (Lipinski definition) is 1. The molecule has 2 aliphatic heterocycles. The maximum absolute atomic E-state index is 12.7. The van der Waals surface area contributed by atoms with Crippen LogP contribution in [0.5, 0.6) is 0 Å². The van der Waals surface area contributed by atoms with Gasteiger partial charge in [0.15, 0.2) is 5.82 Å². The zero-order chi connectivity index (χ0) is 19.2. The van der Waals surface area contributed by atoms with Crippen molar-refractivity contribution in [2.24, 2.45) is 0 Å². The van der Waals surface area contributed by atoms with Crippen molar-refractivity contribution in [2.45, 2.75) is 45.6 Å². The first kappa shape index (κ1) is 19.8. The molecule has 2 aliphatic rings. The first-order valence-corrected chi connectivity index (χ1v) is 10.0. The number of aryl methyl sites for hydroxylation is 1. The third kappa shape index (κ3) is 5.52. The second-order valence-corrected chi connectivity index (χ2v) is 7.57. The van der Waals surface area contributed by atoms with Crippen molar-refractivity contribution < 1.29 is 14.1 Å². The molecule has 3 heterocycles. The third-order valence-electron chi connectivity index (χ3n) is 5.51. The molecular formula is C19H31N5O3. The van der Waals surface area contributed by atoms with E-state index in [1.54, 1.807) is 13.0 Å². The number of piperidine rings is 1. The van der Waals surface area contributed by atoms with E-state index in [-0.39, 0.29) is 11.8 Å². The number of rotatable bonds is 6. The summed E-state index contributed by atoms with van der Waals surface area (Å²) in [5.74, 6) is 1.29. The Morgan fingerprint density at radius 1 is 1.15 bits per heavy atom. The molecule has 0 spiro atoms. The minimum absolute atomic E-state index is 0.0908. The fraction of sp³-hybridized carbons (Fsp3) is 0.737. The van der Waals surface area contributed by atoms with Gasteiger partial charge in [0.05, 0.1) is 13.1 Å². The van der Waals surface area contributed by atoms with Gasteiger partial charge < -0.3 is 14.7 Å². The Bertz CT molecular complexity index is 639. The van der Waals surface area contributed by atoms with Gasteiger partial charge >= 0.3 is 0 Å². The lowest BCUT2D eigenvalue weighted by atomic mass is 10.00. The van der Waals surface area contributed by atoms with Crippen molar-refractivity contribution in [3.05, 3.63) is 11.8 Å². The van der Waals surface area contributed by atoms with Crippen LogP contribution in [-0.2, 0) is 9.59 Å². The van der Waals surface area contributed by atoms with Crippen molar-refractivity contribution in [3.63, 3.8) is 0 Å². The van der Waals surface area contributed by atoms with Crippen molar-refractivity contribution >= 4 is 17.6 Å². The third-order valence-corrected chi connectivity index (χ3v) is 5.51. The predicted molar refractivity (Wildman–Crippen MR) is 102 cm³/mol. The van der Waals surface area contributed by atoms with Crippen LogP contribution in [0.3, 0.4) is 0 Å². The summed E-state index contributed by atoms with van der Waals surface area (Å²) in [5, 5.41) is 6.52. The maximum Gasteiger partial charge on any atom is 0.239 e. The van der Waals surface area contributed by atoms with Gasteiger partial charge in [-0.3, -0.25) is 19.4 Å². The molecule has 8 nitrogen and oxygen atoms in total. The van der Waals surface area contributed by atoms with Gasteiger partial charge in [-0.05, 0) is 32.6 Å². The lowest BCUT2D eigenvalue weighted by Crippen LogP contribution is -2.53. The highest BCUT2D eigenvalue weighted by Gasteiger charge is 2.28. The Morgan fingerprint density at radius 3 is 2.48 bits per heavy atom. The van der Waals surface area contributed by atoms with Gasteiger partial charge in [-0.15, -0.1) is 0 Å². The van der Waals surface area contributed by atoms with Gasteiger partial charge in [-0.2, -0.15) is 0 Å². The van der Waals surface area contributed by atoms with E-state index in [0.29, 0.717) is 30.7 Å². The second-order valence-electron chi connectivity index (χ2n) is 7.57. The molecule has 1 unspecified atom stereocenters. The molecular weight excluding hydrogens is 346 g/mol. The van der Waals surface area contributed by atoms with E-state index in [1.807, 2.05) is 0 Å². The van der Waals surface area contributed by atoms with Gasteiger partial charge in [0.2, 0.25) is 11.8 Å². The van der Waals surface area contributed by atoms with Gasteiger partial charge in [-0.1, -0.05) is 12.1 Å². The minimum Gasteiger partial charge on any atom is -0.360 e. The molecule has 0 saturated carbocycles. The fourth-order valence-corrected chi connectivity index (χ4v) is 3.95. The second kappa shape index (κ2) is 9.32. The van der Waals surface area contributed by atoms with E-state index < -0.39 is 0 Å². The number of nitrogens with one attached hydrogen (secondary N) is 1. The molecule has 2 fully saturated rings. The number of anilines is 1. The molecule has 1 N–H and O–H groups in total. The molecule has 0 aromatic carbocycles. The molecule has 150 valence electrons. The monoisotopic (exact) mass is 377 g/mol. The highest BCUT2D eigenvalue weighted by Crippen LogP contribution is 2.20. The molecule has 0 aliphatic carbocycles. The Balaban J connectivity index is 1.39. The first-order valence-electron chi connectivity index (χ1n) is 10.0. The summed E-state index contributed by atoms with van der Waals surface area (Å²) >= 11 is 0. The van der Waals surface area contributed by atoms with Crippen LogP contribution in [0.25, 0.3) is 0 Å². The maximum atomic E-state index is 12.7. The molecule has 0 radical (unpaired) electrons. The number of amides is 2. The number of carbonyl (C=O) groups is 2. The smallest absolute Gasteiger partial charge is 0.239 e. The normalized spacial score (nSPS) is 22.0. The van der Waals surface area contributed by atoms with Gasteiger partial charge in [0.25, 0.3) is 0 Å². The summed E-state index contributed by atoms with van der Waals surface area (Å²) in [7, 11) is 0. The average molecular weight is 377 g/mol. The standard InChI is InChI=1S/C19H31N5O3/c1-3-16-6-4-5-7-24(16)19(26)14-23-10-8-22(9-11-23)13-18(25)20-17-12-15(2)27-21-17/h12,16H,3-11,13-14H2,1-2H3,(H,20,21,25). The van der Waals surface area contributed by atoms with Crippen LogP contribution >= 0.6 is 0 Å². The SMILES string of the molecule is CCC1CCCCN1C(=O)CN1CCN(CC(=O)Nc2cc(C)on2)CC1. The molecule has 1 atom stereocenters. The number of aromatic nitrogens is 1. The average Bonchev–Trinajstić information content (AvgIpc) is 3.07. The van der Waals surface area contributed by atoms with E-state index in [4.69, 9.17) is 4.52 Å².